The molecule has 0 aromatic heterocycles. The number of unbranched alkanes of at least 4 members (excludes halogenated alkanes) is 1. The molecular weight excluding hydrogens is 550 g/mol. The fourth-order valence-corrected chi connectivity index (χ4v) is 8.12. The number of allylic oxidation sites excluding steroid dienone is 8. The summed E-state index contributed by atoms with van der Waals surface area (Å²) in [5.41, 5.74) is 19.0. The molecule has 0 radical (unpaired) electrons. The van der Waals surface area contributed by atoms with Crippen LogP contribution in [0.4, 0.5) is 0 Å². The normalized spacial score (nSPS) is 15.0. The predicted octanol–water partition coefficient (Wildman–Crippen LogP) is 7.77. The molecule has 0 aliphatic heterocycles. The molecule has 0 fully saturated rings. The smallest absolute Gasteiger partial charge is 0.343 e. The first-order valence-corrected chi connectivity index (χ1v) is 23.4. The van der Waals surface area contributed by atoms with Gasteiger partial charge >= 0.3 is 37.7 Å². The molecule has 2 aliphatic rings. The van der Waals surface area contributed by atoms with Gasteiger partial charge in [0.05, 0.1) is 8.07 Å². The SMILES string of the molecule is CC1=C(C)C(C)=C(C)C1.CC1=C(C)C([Si](C)(C)C)C(C)=C1C.C[Si](C)(C)Cl.Cc1[cH-]c(C)c(C)c1C.[CH2-]CCC.[Li+].[Li+]. The first-order chi connectivity index (χ1) is 17.9. The molecule has 0 heterocycles. The van der Waals surface area contributed by atoms with Crippen LogP contribution >= 0.6 is 11.1 Å². The first-order valence-electron chi connectivity index (χ1n) is 15.3. The minimum Gasteiger partial charge on any atom is -0.343 e. The Kier molecular flexibility index (Phi) is 25.6. The summed E-state index contributed by atoms with van der Waals surface area (Å²) in [5, 5.41) is 0. The van der Waals surface area contributed by atoms with Gasteiger partial charge in [0.2, 0.25) is 0 Å². The molecule has 3 rings (SSSR count). The van der Waals surface area contributed by atoms with Crippen LogP contribution < -0.4 is 37.7 Å². The van der Waals surface area contributed by atoms with E-state index in [9.17, 15) is 0 Å². The van der Waals surface area contributed by atoms with Gasteiger partial charge in [0.1, 0.15) is 7.38 Å². The van der Waals surface area contributed by atoms with Crippen LogP contribution in [-0.2, 0) is 0 Å². The van der Waals surface area contributed by atoms with Crippen molar-refractivity contribution in [2.75, 3.05) is 0 Å². The van der Waals surface area contributed by atoms with Gasteiger partial charge in [-0.05, 0) is 89.6 Å². The van der Waals surface area contributed by atoms with Gasteiger partial charge in [-0.2, -0.15) is 45.8 Å². The minimum absolute atomic E-state index is 0. The van der Waals surface area contributed by atoms with Crippen molar-refractivity contribution in [2.24, 2.45) is 0 Å². The molecule has 0 nitrogen and oxygen atoms in total. The van der Waals surface area contributed by atoms with Crippen LogP contribution in [0.25, 0.3) is 0 Å². The number of hydrogen-bond acceptors (Lipinski definition) is 0. The number of rotatable bonds is 2. The Balaban J connectivity index is -0.000000224. The zero-order valence-corrected chi connectivity index (χ0v) is 35.1. The zero-order chi connectivity index (χ0) is 32.3. The van der Waals surface area contributed by atoms with Crippen LogP contribution in [0.5, 0.6) is 0 Å². The quantitative estimate of drug-likeness (QED) is 0.181. The van der Waals surface area contributed by atoms with Crippen molar-refractivity contribution in [1.29, 1.82) is 0 Å². The molecule has 0 N–H and O–H groups in total. The van der Waals surface area contributed by atoms with Gasteiger partial charge in [0, 0.05) is 0 Å². The third kappa shape index (κ3) is 17.6. The summed E-state index contributed by atoms with van der Waals surface area (Å²) in [4.78, 5) is 0. The summed E-state index contributed by atoms with van der Waals surface area (Å²) in [5.74, 6) is 0. The Morgan fingerprint density at radius 2 is 0.905 bits per heavy atom. The summed E-state index contributed by atoms with van der Waals surface area (Å²) in [6, 6.07) is 2.24. The minimum atomic E-state index is -1.14. The molecule has 1 aromatic carbocycles. The Hall–Kier alpha value is 0.229. The fourth-order valence-electron chi connectivity index (χ4n) is 5.08. The van der Waals surface area contributed by atoms with E-state index in [1.807, 2.05) is 0 Å². The van der Waals surface area contributed by atoms with Crippen LogP contribution in [0.2, 0.25) is 44.8 Å². The van der Waals surface area contributed by atoms with E-state index >= 15 is 0 Å². The topological polar surface area (TPSA) is 0 Å². The molecule has 232 valence electrons. The summed E-state index contributed by atoms with van der Waals surface area (Å²) in [6.07, 6.45) is 3.48. The third-order valence-electron chi connectivity index (χ3n) is 8.38. The second-order valence-corrected chi connectivity index (χ2v) is 26.9. The van der Waals surface area contributed by atoms with Gasteiger partial charge in [-0.3, -0.25) is 0 Å². The molecule has 5 heteroatoms. The fraction of sp³-hybridized carbons (Fsp3) is 0.622. The third-order valence-corrected chi connectivity index (χ3v) is 11.0. The van der Waals surface area contributed by atoms with Crippen molar-refractivity contribution in [3.05, 3.63) is 79.8 Å². The molecule has 0 saturated heterocycles. The van der Waals surface area contributed by atoms with E-state index in [1.54, 1.807) is 33.4 Å². The molecule has 0 spiro atoms. The standard InChI is InChI=1S/C12H22Si.C9H14.C9H13.C4H9.C3H9ClSi.2Li/c1-8-9(2)11(4)12(10(8)3)13(5,6)7;2*1-6-5-7(2)9(4)8(6)3;1-3-4-2;1-5(2,3)4;;/h12H,1-7H3;5H2,1-4H3;5H,1-4H3;1,3-4H2,2H3;1-3H3;;/q;;2*-1;;2*+1. The van der Waals surface area contributed by atoms with Crippen LogP contribution in [0, 0.1) is 34.6 Å². The maximum Gasteiger partial charge on any atom is 1.00 e. The van der Waals surface area contributed by atoms with Crippen molar-refractivity contribution in [2.45, 2.75) is 154 Å². The van der Waals surface area contributed by atoms with Crippen LogP contribution in [-0.4, -0.2) is 15.5 Å². The van der Waals surface area contributed by atoms with Crippen LogP contribution in [0.15, 0.2) is 50.7 Å². The molecule has 0 unspecified atom stereocenters. The van der Waals surface area contributed by atoms with Gasteiger partial charge in [0.15, 0.2) is 0 Å². The van der Waals surface area contributed by atoms with E-state index in [1.165, 1.54) is 46.2 Å². The van der Waals surface area contributed by atoms with E-state index in [0.29, 0.717) is 0 Å². The first kappa shape index (κ1) is 49.1. The van der Waals surface area contributed by atoms with E-state index in [-0.39, 0.29) is 37.7 Å². The molecule has 0 amide bonds. The van der Waals surface area contributed by atoms with Crippen molar-refractivity contribution >= 4 is 26.5 Å². The molecule has 2 aliphatic carbocycles. The summed E-state index contributed by atoms with van der Waals surface area (Å²) in [7, 11) is -2.19. The Bertz CT molecular complexity index is 1010. The van der Waals surface area contributed by atoms with Crippen molar-refractivity contribution in [3.8, 4) is 0 Å². The van der Waals surface area contributed by atoms with E-state index in [4.69, 9.17) is 11.1 Å². The molecule has 42 heavy (non-hydrogen) atoms. The van der Waals surface area contributed by atoms with Crippen molar-refractivity contribution in [1.82, 2.24) is 0 Å². The van der Waals surface area contributed by atoms with Crippen LogP contribution in [0.1, 0.15) is 104 Å². The zero-order valence-electron chi connectivity index (χ0n) is 32.4. The Labute approximate surface area is 296 Å². The largest absolute Gasteiger partial charge is 1.00 e. The number of aryl methyl sites for hydroxylation is 2. The molecule has 0 bridgehead atoms. The second kappa shape index (κ2) is 21.9. The van der Waals surface area contributed by atoms with E-state index in [0.717, 1.165) is 12.0 Å². The summed E-state index contributed by atoms with van der Waals surface area (Å²) < 4.78 is 0. The van der Waals surface area contributed by atoms with E-state index in [2.05, 4.69) is 142 Å². The molecular formula is C37H67ClLi2Si2. The van der Waals surface area contributed by atoms with Gasteiger partial charge < -0.3 is 6.92 Å². The van der Waals surface area contributed by atoms with Crippen molar-refractivity contribution < 1.29 is 37.7 Å². The monoisotopic (exact) mass is 616 g/mol. The maximum atomic E-state index is 5.67. The maximum absolute atomic E-state index is 5.67. The number of halogens is 1. The average Bonchev–Trinajstić information content (AvgIpc) is 3.27. The Morgan fingerprint density at radius 3 is 1.00 bits per heavy atom. The predicted molar refractivity (Wildman–Crippen MR) is 196 cm³/mol. The summed E-state index contributed by atoms with van der Waals surface area (Å²) >= 11 is 5.67. The van der Waals surface area contributed by atoms with Gasteiger partial charge in [-0.1, -0.05) is 103 Å². The van der Waals surface area contributed by atoms with Gasteiger partial charge in [0.25, 0.3) is 0 Å². The van der Waals surface area contributed by atoms with E-state index < -0.39 is 15.5 Å². The van der Waals surface area contributed by atoms with Crippen LogP contribution in [0.3, 0.4) is 0 Å². The van der Waals surface area contributed by atoms with Crippen molar-refractivity contribution in [3.63, 3.8) is 0 Å². The average molecular weight is 617 g/mol. The molecule has 0 atom stereocenters. The van der Waals surface area contributed by atoms with Gasteiger partial charge in [-0.25, -0.2) is 0 Å². The molecule has 0 saturated carbocycles. The number of hydrogen-bond donors (Lipinski definition) is 0. The molecule has 1 aromatic rings. The van der Waals surface area contributed by atoms with Gasteiger partial charge in [-0.15, -0.1) is 0 Å². The Morgan fingerprint density at radius 1 is 0.643 bits per heavy atom. The second-order valence-electron chi connectivity index (χ2n) is 14.1. The summed E-state index contributed by atoms with van der Waals surface area (Å²) in [6.45, 7) is 46.1.